The molecule has 2 aromatic heterocycles. The summed E-state index contributed by atoms with van der Waals surface area (Å²) in [5, 5.41) is 3.03. The van der Waals surface area contributed by atoms with Crippen molar-refractivity contribution in [2.24, 2.45) is 5.92 Å². The second kappa shape index (κ2) is 8.19. The Bertz CT molecular complexity index is 1280. The number of amides is 2. The van der Waals surface area contributed by atoms with Gasteiger partial charge in [0.1, 0.15) is 23.3 Å². The van der Waals surface area contributed by atoms with Crippen LogP contribution in [0.3, 0.4) is 0 Å². The van der Waals surface area contributed by atoms with Crippen LogP contribution in [-0.4, -0.2) is 64.2 Å². The van der Waals surface area contributed by atoms with Gasteiger partial charge in [-0.3, -0.25) is 9.59 Å². The summed E-state index contributed by atoms with van der Waals surface area (Å²) in [6.07, 6.45) is 6.16. The highest BCUT2D eigenvalue weighted by Crippen LogP contribution is 2.48. The summed E-state index contributed by atoms with van der Waals surface area (Å²) in [4.78, 5) is 38.5. The van der Waals surface area contributed by atoms with Crippen LogP contribution in [0.4, 0.5) is 0 Å². The fraction of sp³-hybridized carbons (Fsp3) is 0.417. The summed E-state index contributed by atoms with van der Waals surface area (Å²) in [6, 6.07) is 3.62. The molecule has 2 N–H and O–H groups in total. The van der Waals surface area contributed by atoms with Crippen LogP contribution in [0.5, 0.6) is 17.2 Å². The highest BCUT2D eigenvalue weighted by molar-refractivity contribution is 6.08. The van der Waals surface area contributed by atoms with Crippen molar-refractivity contribution in [1.29, 1.82) is 0 Å². The average molecular weight is 463 g/mol. The van der Waals surface area contributed by atoms with Gasteiger partial charge in [-0.25, -0.2) is 9.97 Å². The van der Waals surface area contributed by atoms with Crippen molar-refractivity contribution in [2.45, 2.75) is 32.2 Å². The van der Waals surface area contributed by atoms with Crippen molar-refractivity contribution >= 4 is 22.8 Å². The van der Waals surface area contributed by atoms with Gasteiger partial charge in [-0.2, -0.15) is 0 Å². The molecule has 2 amide bonds. The highest BCUT2D eigenvalue weighted by atomic mass is 16.7. The Labute approximate surface area is 195 Å². The molecule has 10 heteroatoms. The van der Waals surface area contributed by atoms with Gasteiger partial charge in [-0.1, -0.05) is 0 Å². The monoisotopic (exact) mass is 463 g/mol. The van der Waals surface area contributed by atoms with Gasteiger partial charge in [0.25, 0.3) is 5.91 Å². The number of nitrogens with zero attached hydrogens (tertiary/aromatic N) is 3. The average Bonchev–Trinajstić information content (AvgIpc) is 3.20. The first-order chi connectivity index (χ1) is 16.6. The molecule has 4 heterocycles. The molecule has 0 spiro atoms. The van der Waals surface area contributed by atoms with E-state index in [1.54, 1.807) is 18.0 Å². The van der Waals surface area contributed by atoms with Crippen molar-refractivity contribution in [3.8, 4) is 28.5 Å². The van der Waals surface area contributed by atoms with Crippen molar-refractivity contribution in [1.82, 2.24) is 25.2 Å². The van der Waals surface area contributed by atoms with Crippen LogP contribution in [0, 0.1) is 5.92 Å². The van der Waals surface area contributed by atoms with Crippen LogP contribution in [-0.2, 0) is 4.79 Å². The second-order valence-corrected chi connectivity index (χ2v) is 9.00. The third-order valence-corrected chi connectivity index (χ3v) is 6.59. The molecule has 0 unspecified atom stereocenters. The molecule has 1 saturated carbocycles. The quantitative estimate of drug-likeness (QED) is 0.577. The number of hydrogen-bond donors (Lipinski definition) is 2. The van der Waals surface area contributed by atoms with E-state index in [9.17, 15) is 9.59 Å². The molecule has 2 aliphatic heterocycles. The molecule has 0 bridgehead atoms. The van der Waals surface area contributed by atoms with E-state index in [4.69, 9.17) is 14.2 Å². The number of carbonyl (C=O) groups excluding carboxylic acids is 2. The lowest BCUT2D eigenvalue weighted by Crippen LogP contribution is -2.37. The molecule has 0 radical (unpaired) electrons. The van der Waals surface area contributed by atoms with Gasteiger partial charge < -0.3 is 29.4 Å². The van der Waals surface area contributed by atoms with Gasteiger partial charge in [-0.05, 0) is 37.3 Å². The van der Waals surface area contributed by atoms with E-state index in [2.05, 4.69) is 20.3 Å². The molecular weight excluding hydrogens is 438 g/mol. The number of aromatic amines is 1. The van der Waals surface area contributed by atoms with Gasteiger partial charge >= 0.3 is 0 Å². The Hall–Kier alpha value is -3.82. The molecule has 1 aliphatic carbocycles. The Kier molecular flexibility index (Phi) is 5.00. The third-order valence-electron chi connectivity index (χ3n) is 6.59. The van der Waals surface area contributed by atoms with Gasteiger partial charge in [0.2, 0.25) is 12.7 Å². The molecule has 176 valence electrons. The zero-order valence-electron chi connectivity index (χ0n) is 18.8. The zero-order valence-corrected chi connectivity index (χ0v) is 18.8. The Balaban J connectivity index is 1.34. The van der Waals surface area contributed by atoms with Crippen molar-refractivity contribution in [2.75, 3.05) is 26.5 Å². The Morgan fingerprint density at radius 2 is 2.12 bits per heavy atom. The maximum absolute atomic E-state index is 13.1. The van der Waals surface area contributed by atoms with E-state index in [0.29, 0.717) is 70.7 Å². The van der Waals surface area contributed by atoms with E-state index < -0.39 is 0 Å². The van der Waals surface area contributed by atoms with Crippen molar-refractivity contribution in [3.05, 3.63) is 30.2 Å². The predicted octanol–water partition coefficient (Wildman–Crippen LogP) is 2.49. The fourth-order valence-electron chi connectivity index (χ4n) is 4.52. The standard InChI is InChI=1S/C24H25N5O5/c1-13(30)29-7-6-15(9-29)28-24(31)16-8-25-22-20(16)26-11-27-21(22)19-17(32-10-14-2-3-14)4-5-18-23(19)34-12-33-18/h4-5,8,11,14-15,25H,2-3,6-7,9-10,12H2,1H3,(H,28,31)/t15-/m0/s1. The third kappa shape index (κ3) is 3.68. The number of rotatable bonds is 6. The lowest BCUT2D eigenvalue weighted by Gasteiger charge is -2.15. The number of ether oxygens (including phenoxy) is 3. The minimum Gasteiger partial charge on any atom is -0.492 e. The number of fused-ring (bicyclic) bond motifs is 2. The van der Waals surface area contributed by atoms with Gasteiger partial charge in [0, 0.05) is 32.3 Å². The van der Waals surface area contributed by atoms with Crippen LogP contribution < -0.4 is 19.5 Å². The first kappa shape index (κ1) is 20.8. The molecule has 1 saturated heterocycles. The number of hydrogen-bond acceptors (Lipinski definition) is 7. The fourth-order valence-corrected chi connectivity index (χ4v) is 4.52. The number of likely N-dealkylation sites (tertiary alicyclic amines) is 1. The van der Waals surface area contributed by atoms with E-state index in [0.717, 1.165) is 6.42 Å². The number of benzene rings is 1. The van der Waals surface area contributed by atoms with E-state index >= 15 is 0 Å². The molecule has 3 aromatic rings. The minimum absolute atomic E-state index is 0.0162. The second-order valence-electron chi connectivity index (χ2n) is 9.00. The zero-order chi connectivity index (χ0) is 23.2. The summed E-state index contributed by atoms with van der Waals surface area (Å²) in [6.45, 7) is 3.46. The molecule has 3 aliphatic rings. The number of aromatic nitrogens is 3. The number of nitrogens with one attached hydrogen (secondary N) is 2. The first-order valence-corrected chi connectivity index (χ1v) is 11.5. The lowest BCUT2D eigenvalue weighted by atomic mass is 10.1. The number of carbonyl (C=O) groups is 2. The summed E-state index contributed by atoms with van der Waals surface area (Å²) in [7, 11) is 0. The first-order valence-electron chi connectivity index (χ1n) is 11.5. The summed E-state index contributed by atoms with van der Waals surface area (Å²) < 4.78 is 17.5. The summed E-state index contributed by atoms with van der Waals surface area (Å²) in [5.74, 6) is 2.22. The largest absolute Gasteiger partial charge is 0.492 e. The van der Waals surface area contributed by atoms with Crippen molar-refractivity contribution in [3.63, 3.8) is 0 Å². The highest BCUT2D eigenvalue weighted by Gasteiger charge is 2.30. The molecule has 6 rings (SSSR count). The Morgan fingerprint density at radius 3 is 2.91 bits per heavy atom. The lowest BCUT2D eigenvalue weighted by molar-refractivity contribution is -0.127. The topological polar surface area (TPSA) is 119 Å². The van der Waals surface area contributed by atoms with Crippen molar-refractivity contribution < 1.29 is 23.8 Å². The molecule has 10 nitrogen and oxygen atoms in total. The molecule has 1 aromatic carbocycles. The maximum atomic E-state index is 13.1. The smallest absolute Gasteiger partial charge is 0.255 e. The van der Waals surface area contributed by atoms with Crippen LogP contribution in [0.15, 0.2) is 24.7 Å². The molecular formula is C24H25N5O5. The van der Waals surface area contributed by atoms with Crippen LogP contribution in [0.2, 0.25) is 0 Å². The van der Waals surface area contributed by atoms with Gasteiger partial charge in [0.15, 0.2) is 11.5 Å². The van der Waals surface area contributed by atoms with E-state index in [1.807, 2.05) is 12.1 Å². The van der Waals surface area contributed by atoms with E-state index in [-0.39, 0.29) is 24.6 Å². The van der Waals surface area contributed by atoms with Crippen LogP contribution in [0.1, 0.15) is 36.5 Å². The summed E-state index contributed by atoms with van der Waals surface area (Å²) in [5.41, 5.74) is 2.81. The van der Waals surface area contributed by atoms with Crippen LogP contribution >= 0.6 is 0 Å². The molecule has 2 fully saturated rings. The SMILES string of the molecule is CC(=O)N1CC[C@H](NC(=O)c2c[nH]c3c(-c4c(OCC5CC5)ccc5c4OCO5)ncnc23)C1. The van der Waals surface area contributed by atoms with Gasteiger partial charge in [-0.15, -0.1) is 0 Å². The maximum Gasteiger partial charge on any atom is 0.255 e. The predicted molar refractivity (Wildman–Crippen MR) is 122 cm³/mol. The van der Waals surface area contributed by atoms with E-state index in [1.165, 1.54) is 19.2 Å². The van der Waals surface area contributed by atoms with Crippen LogP contribution in [0.25, 0.3) is 22.3 Å². The Morgan fingerprint density at radius 1 is 1.24 bits per heavy atom. The molecule has 1 atom stereocenters. The number of H-pyrrole nitrogens is 1. The van der Waals surface area contributed by atoms with Gasteiger partial charge in [0.05, 0.1) is 23.3 Å². The normalized spacial score (nSPS) is 19.0. The summed E-state index contributed by atoms with van der Waals surface area (Å²) >= 11 is 0. The minimum atomic E-state index is -0.241. The molecule has 34 heavy (non-hydrogen) atoms.